The van der Waals surface area contributed by atoms with Gasteiger partial charge in [-0.15, -0.1) is 0 Å². The highest BCUT2D eigenvalue weighted by Gasteiger charge is 2.09. The molecular weight excluding hydrogens is 358 g/mol. The summed E-state index contributed by atoms with van der Waals surface area (Å²) in [7, 11) is 1.88. The number of amides is 1. The van der Waals surface area contributed by atoms with Crippen LogP contribution >= 0.6 is 31.9 Å². The van der Waals surface area contributed by atoms with Crippen molar-refractivity contribution in [2.24, 2.45) is 0 Å². The van der Waals surface area contributed by atoms with Gasteiger partial charge in [-0.05, 0) is 30.5 Å². The molecule has 2 nitrogen and oxygen atoms in total. The van der Waals surface area contributed by atoms with Crippen molar-refractivity contribution < 1.29 is 4.79 Å². The van der Waals surface area contributed by atoms with Gasteiger partial charge < -0.3 is 4.90 Å². The molecule has 0 heterocycles. The molecule has 0 aliphatic rings. The Morgan fingerprint density at radius 2 is 2.06 bits per heavy atom. The summed E-state index contributed by atoms with van der Waals surface area (Å²) in [6, 6.07) is 7.92. The first-order valence-electron chi connectivity index (χ1n) is 6.18. The van der Waals surface area contributed by atoms with E-state index in [0.717, 1.165) is 28.3 Å². The minimum Gasteiger partial charge on any atom is -0.345 e. The number of benzene rings is 1. The van der Waals surface area contributed by atoms with Crippen molar-refractivity contribution in [2.45, 2.75) is 25.7 Å². The van der Waals surface area contributed by atoms with E-state index in [2.05, 4.69) is 31.9 Å². The van der Waals surface area contributed by atoms with Crippen LogP contribution in [0.2, 0.25) is 0 Å². The monoisotopic (exact) mass is 375 g/mol. The van der Waals surface area contributed by atoms with Gasteiger partial charge in [0.05, 0.1) is 6.42 Å². The fourth-order valence-electron chi connectivity index (χ4n) is 1.70. The predicted molar refractivity (Wildman–Crippen MR) is 83.1 cm³/mol. The zero-order valence-electron chi connectivity index (χ0n) is 10.7. The molecule has 1 amide bonds. The molecule has 0 saturated carbocycles. The molecule has 1 rings (SSSR count). The molecule has 100 valence electrons. The number of hydrogen-bond acceptors (Lipinski definition) is 1. The van der Waals surface area contributed by atoms with E-state index < -0.39 is 0 Å². The first-order chi connectivity index (χ1) is 8.63. The molecular formula is C14H19Br2NO. The molecule has 0 radical (unpaired) electrons. The summed E-state index contributed by atoms with van der Waals surface area (Å²) in [4.78, 5) is 13.8. The Hall–Kier alpha value is -0.350. The van der Waals surface area contributed by atoms with E-state index in [1.54, 1.807) is 0 Å². The van der Waals surface area contributed by atoms with Crippen molar-refractivity contribution in [3.05, 3.63) is 34.3 Å². The van der Waals surface area contributed by atoms with Gasteiger partial charge in [0.25, 0.3) is 0 Å². The lowest BCUT2D eigenvalue weighted by Crippen LogP contribution is -2.29. The lowest BCUT2D eigenvalue weighted by Gasteiger charge is -2.17. The molecule has 0 spiro atoms. The van der Waals surface area contributed by atoms with E-state index in [1.165, 1.54) is 12.8 Å². The number of carbonyl (C=O) groups is 1. The van der Waals surface area contributed by atoms with Crippen LogP contribution in [0.15, 0.2) is 28.7 Å². The van der Waals surface area contributed by atoms with Gasteiger partial charge in [0.2, 0.25) is 5.91 Å². The lowest BCUT2D eigenvalue weighted by atomic mass is 10.1. The number of halogens is 2. The summed E-state index contributed by atoms with van der Waals surface area (Å²) in [6.07, 6.45) is 3.90. The van der Waals surface area contributed by atoms with E-state index in [4.69, 9.17) is 0 Å². The molecule has 18 heavy (non-hydrogen) atoms. The minimum atomic E-state index is 0.187. The molecule has 0 bridgehead atoms. The van der Waals surface area contributed by atoms with Crippen molar-refractivity contribution >= 4 is 37.8 Å². The fourth-order valence-corrected chi connectivity index (χ4v) is 2.54. The van der Waals surface area contributed by atoms with Crippen LogP contribution in [-0.2, 0) is 11.2 Å². The molecule has 0 unspecified atom stereocenters. The Bertz CT molecular complexity index is 382. The van der Waals surface area contributed by atoms with E-state index in [9.17, 15) is 4.79 Å². The molecule has 4 heteroatoms. The van der Waals surface area contributed by atoms with Gasteiger partial charge in [-0.2, -0.15) is 0 Å². The van der Waals surface area contributed by atoms with Crippen LogP contribution in [0, 0.1) is 0 Å². The van der Waals surface area contributed by atoms with Crippen LogP contribution in [0.3, 0.4) is 0 Å². The second-order valence-electron chi connectivity index (χ2n) is 4.37. The van der Waals surface area contributed by atoms with E-state index in [-0.39, 0.29) is 5.91 Å². The Morgan fingerprint density at radius 1 is 1.28 bits per heavy atom. The molecule has 0 N–H and O–H groups in total. The number of nitrogens with zero attached hydrogens (tertiary/aromatic N) is 1. The molecule has 0 aliphatic carbocycles. The largest absolute Gasteiger partial charge is 0.345 e. The van der Waals surface area contributed by atoms with Gasteiger partial charge in [0.15, 0.2) is 0 Å². The van der Waals surface area contributed by atoms with Crippen LogP contribution in [-0.4, -0.2) is 29.7 Å². The number of hydrogen-bond donors (Lipinski definition) is 0. The Balaban J connectivity index is 2.35. The zero-order valence-corrected chi connectivity index (χ0v) is 13.8. The predicted octanol–water partition coefficient (Wildman–Crippen LogP) is 4.02. The number of alkyl halides is 1. The lowest BCUT2D eigenvalue weighted by molar-refractivity contribution is -0.129. The highest BCUT2D eigenvalue weighted by molar-refractivity contribution is 9.10. The SMILES string of the molecule is CN(CCCCCBr)C(=O)Cc1cccc(Br)c1. The number of carbonyl (C=O) groups excluding carboxylic acids is 1. The van der Waals surface area contributed by atoms with Gasteiger partial charge >= 0.3 is 0 Å². The van der Waals surface area contributed by atoms with Gasteiger partial charge in [-0.1, -0.05) is 50.4 Å². The standard InChI is InChI=1S/C14H19Br2NO/c1-17(9-4-2-3-8-15)14(18)11-12-6-5-7-13(16)10-12/h5-7,10H,2-4,8-9,11H2,1H3. The topological polar surface area (TPSA) is 20.3 Å². The summed E-state index contributed by atoms with van der Waals surface area (Å²) >= 11 is 6.83. The highest BCUT2D eigenvalue weighted by atomic mass is 79.9. The quantitative estimate of drug-likeness (QED) is 0.520. The van der Waals surface area contributed by atoms with E-state index >= 15 is 0 Å². The van der Waals surface area contributed by atoms with Crippen molar-refractivity contribution in [3.8, 4) is 0 Å². The zero-order chi connectivity index (χ0) is 13.4. The second-order valence-corrected chi connectivity index (χ2v) is 6.08. The second kappa shape index (κ2) is 8.70. The van der Waals surface area contributed by atoms with Gasteiger partial charge in [-0.3, -0.25) is 4.79 Å². The first-order valence-corrected chi connectivity index (χ1v) is 8.09. The fraction of sp³-hybridized carbons (Fsp3) is 0.500. The summed E-state index contributed by atoms with van der Waals surface area (Å²) in [6.45, 7) is 0.847. The van der Waals surface area contributed by atoms with Crippen molar-refractivity contribution in [1.82, 2.24) is 4.90 Å². The third-order valence-corrected chi connectivity index (χ3v) is 3.85. The summed E-state index contributed by atoms with van der Waals surface area (Å²) < 4.78 is 1.02. The van der Waals surface area contributed by atoms with Crippen molar-refractivity contribution in [3.63, 3.8) is 0 Å². The smallest absolute Gasteiger partial charge is 0.226 e. The molecule has 0 atom stereocenters. The number of unbranched alkanes of at least 4 members (excludes halogenated alkanes) is 2. The first kappa shape index (κ1) is 15.7. The van der Waals surface area contributed by atoms with E-state index in [0.29, 0.717) is 6.42 Å². The number of likely N-dealkylation sites (N-methyl/N-ethyl adjacent to an activating group) is 1. The number of rotatable bonds is 7. The van der Waals surface area contributed by atoms with Gasteiger partial charge in [0.1, 0.15) is 0 Å². The summed E-state index contributed by atoms with van der Waals surface area (Å²) in [5.74, 6) is 0.187. The van der Waals surface area contributed by atoms with Crippen molar-refractivity contribution in [2.75, 3.05) is 18.9 Å². The Morgan fingerprint density at radius 3 is 2.72 bits per heavy atom. The van der Waals surface area contributed by atoms with Gasteiger partial charge in [0, 0.05) is 23.4 Å². The molecule has 1 aromatic rings. The van der Waals surface area contributed by atoms with Crippen LogP contribution in [0.1, 0.15) is 24.8 Å². The maximum atomic E-state index is 12.0. The third kappa shape index (κ3) is 6.01. The van der Waals surface area contributed by atoms with Crippen LogP contribution in [0.5, 0.6) is 0 Å². The minimum absolute atomic E-state index is 0.187. The van der Waals surface area contributed by atoms with Crippen LogP contribution in [0.4, 0.5) is 0 Å². The molecule has 0 aliphatic heterocycles. The third-order valence-electron chi connectivity index (χ3n) is 2.80. The molecule has 0 aromatic heterocycles. The summed E-state index contributed by atoms with van der Waals surface area (Å²) in [5, 5.41) is 1.04. The molecule has 1 aromatic carbocycles. The highest BCUT2D eigenvalue weighted by Crippen LogP contribution is 2.12. The average Bonchev–Trinajstić information content (AvgIpc) is 2.34. The van der Waals surface area contributed by atoms with Gasteiger partial charge in [-0.25, -0.2) is 0 Å². The van der Waals surface area contributed by atoms with Crippen molar-refractivity contribution in [1.29, 1.82) is 0 Å². The van der Waals surface area contributed by atoms with Crippen LogP contribution < -0.4 is 0 Å². The van der Waals surface area contributed by atoms with Crippen LogP contribution in [0.25, 0.3) is 0 Å². The Kier molecular flexibility index (Phi) is 7.59. The normalized spacial score (nSPS) is 10.4. The molecule has 0 fully saturated rings. The maximum Gasteiger partial charge on any atom is 0.226 e. The van der Waals surface area contributed by atoms with E-state index in [1.807, 2.05) is 36.2 Å². The Labute approximate surface area is 126 Å². The summed E-state index contributed by atoms with van der Waals surface area (Å²) in [5.41, 5.74) is 1.06. The average molecular weight is 377 g/mol. The molecule has 0 saturated heterocycles. The maximum absolute atomic E-state index is 12.0.